The van der Waals surface area contributed by atoms with Crippen molar-refractivity contribution in [1.29, 1.82) is 0 Å². The molecule has 1 saturated heterocycles. The lowest BCUT2D eigenvalue weighted by Crippen LogP contribution is -2.39. The average molecular weight is 446 g/mol. The van der Waals surface area contributed by atoms with Crippen molar-refractivity contribution < 1.29 is 14.3 Å². The number of ether oxygens (including phenoxy) is 1. The monoisotopic (exact) mass is 445 g/mol. The molecule has 0 aliphatic carbocycles. The topological polar surface area (TPSA) is 84.7 Å². The molecule has 7 heteroatoms. The lowest BCUT2D eigenvalue weighted by Gasteiger charge is -2.22. The lowest BCUT2D eigenvalue weighted by atomic mass is 10.1. The van der Waals surface area contributed by atoms with Gasteiger partial charge in [0.15, 0.2) is 6.10 Å². The van der Waals surface area contributed by atoms with Crippen LogP contribution in [0.2, 0.25) is 0 Å². The SMILES string of the molecule is CC(Oc1ccc(Br)cc1)C(=O)Nc1cccc(CN2CCCC2C(N)=O)c1. The molecule has 1 aliphatic heterocycles. The highest BCUT2D eigenvalue weighted by molar-refractivity contribution is 9.10. The van der Waals surface area contributed by atoms with Crippen LogP contribution in [-0.2, 0) is 16.1 Å². The minimum atomic E-state index is -0.636. The summed E-state index contributed by atoms with van der Waals surface area (Å²) >= 11 is 3.37. The summed E-state index contributed by atoms with van der Waals surface area (Å²) in [5, 5.41) is 2.89. The number of benzene rings is 2. The molecule has 6 nitrogen and oxygen atoms in total. The molecule has 2 amide bonds. The average Bonchev–Trinajstić information content (AvgIpc) is 3.12. The molecule has 0 saturated carbocycles. The lowest BCUT2D eigenvalue weighted by molar-refractivity contribution is -0.122. The Labute approximate surface area is 173 Å². The van der Waals surface area contributed by atoms with E-state index in [0.717, 1.165) is 29.4 Å². The molecule has 3 N–H and O–H groups in total. The molecule has 148 valence electrons. The van der Waals surface area contributed by atoms with Crippen LogP contribution in [0.15, 0.2) is 53.0 Å². The van der Waals surface area contributed by atoms with Crippen LogP contribution in [0.25, 0.3) is 0 Å². The summed E-state index contributed by atoms with van der Waals surface area (Å²) in [6.07, 6.45) is 1.13. The molecule has 0 bridgehead atoms. The summed E-state index contributed by atoms with van der Waals surface area (Å²) in [5.74, 6) is 0.128. The molecular formula is C21H24BrN3O3. The molecule has 2 aromatic carbocycles. The number of carbonyl (C=O) groups is 2. The third-order valence-corrected chi connectivity index (χ3v) is 5.30. The van der Waals surface area contributed by atoms with Gasteiger partial charge in [0, 0.05) is 16.7 Å². The third-order valence-electron chi connectivity index (χ3n) is 4.77. The summed E-state index contributed by atoms with van der Waals surface area (Å²) in [4.78, 5) is 26.1. The van der Waals surface area contributed by atoms with Crippen LogP contribution in [0, 0.1) is 0 Å². The number of likely N-dealkylation sites (tertiary alicyclic amines) is 1. The van der Waals surface area contributed by atoms with Gasteiger partial charge in [-0.25, -0.2) is 0 Å². The normalized spacial score (nSPS) is 17.9. The van der Waals surface area contributed by atoms with Gasteiger partial charge in [0.1, 0.15) is 5.75 Å². The Morgan fingerprint density at radius 2 is 2.04 bits per heavy atom. The zero-order chi connectivity index (χ0) is 20.1. The molecule has 1 fully saturated rings. The van der Waals surface area contributed by atoms with Gasteiger partial charge in [0.25, 0.3) is 5.91 Å². The standard InChI is InChI=1S/C21H24BrN3O3/c1-14(28-18-9-7-16(22)8-10-18)21(27)24-17-5-2-4-15(12-17)13-25-11-3-6-19(25)20(23)26/h2,4-5,7-10,12,14,19H,3,6,11,13H2,1H3,(H2,23,26)(H,24,27). The highest BCUT2D eigenvalue weighted by atomic mass is 79.9. The first kappa shape index (κ1) is 20.4. The molecule has 2 atom stereocenters. The predicted molar refractivity (Wildman–Crippen MR) is 112 cm³/mol. The van der Waals surface area contributed by atoms with E-state index < -0.39 is 6.10 Å². The molecule has 0 radical (unpaired) electrons. The second kappa shape index (κ2) is 9.21. The Morgan fingerprint density at radius 1 is 1.29 bits per heavy atom. The summed E-state index contributed by atoms with van der Waals surface area (Å²) in [5.41, 5.74) is 7.21. The zero-order valence-electron chi connectivity index (χ0n) is 15.7. The van der Waals surface area contributed by atoms with Crippen molar-refractivity contribution in [2.75, 3.05) is 11.9 Å². The number of nitrogens with one attached hydrogen (secondary N) is 1. The summed E-state index contributed by atoms with van der Waals surface area (Å²) < 4.78 is 6.64. The van der Waals surface area contributed by atoms with Gasteiger partial charge in [-0.05, 0) is 68.3 Å². The maximum atomic E-state index is 12.5. The second-order valence-electron chi connectivity index (χ2n) is 6.93. The molecule has 2 unspecified atom stereocenters. The van der Waals surface area contributed by atoms with Crippen molar-refractivity contribution in [3.8, 4) is 5.75 Å². The maximum Gasteiger partial charge on any atom is 0.265 e. The Hall–Kier alpha value is -2.38. The summed E-state index contributed by atoms with van der Waals surface area (Å²) in [6, 6.07) is 14.7. The molecular weight excluding hydrogens is 422 g/mol. The van der Waals surface area contributed by atoms with Gasteiger partial charge in [-0.1, -0.05) is 28.1 Å². The van der Waals surface area contributed by atoms with Crippen LogP contribution in [0.3, 0.4) is 0 Å². The van der Waals surface area contributed by atoms with Crippen LogP contribution >= 0.6 is 15.9 Å². The van der Waals surface area contributed by atoms with Crippen molar-refractivity contribution in [2.24, 2.45) is 5.73 Å². The maximum absolute atomic E-state index is 12.5. The molecule has 2 aromatic rings. The fourth-order valence-corrected chi connectivity index (χ4v) is 3.60. The van der Waals surface area contributed by atoms with E-state index in [9.17, 15) is 9.59 Å². The number of amides is 2. The molecule has 0 aromatic heterocycles. The van der Waals surface area contributed by atoms with Crippen LogP contribution in [-0.4, -0.2) is 35.4 Å². The Kier molecular flexibility index (Phi) is 6.70. The first-order valence-electron chi connectivity index (χ1n) is 9.28. The van der Waals surface area contributed by atoms with E-state index in [0.29, 0.717) is 18.0 Å². The van der Waals surface area contributed by atoms with Gasteiger partial charge in [-0.15, -0.1) is 0 Å². The van der Waals surface area contributed by atoms with Crippen LogP contribution in [0.1, 0.15) is 25.3 Å². The Balaban J connectivity index is 1.59. The van der Waals surface area contributed by atoms with Gasteiger partial charge in [-0.3, -0.25) is 14.5 Å². The first-order chi connectivity index (χ1) is 13.4. The molecule has 0 spiro atoms. The molecule has 3 rings (SSSR count). The van der Waals surface area contributed by atoms with Crippen molar-refractivity contribution in [3.63, 3.8) is 0 Å². The predicted octanol–water partition coefficient (Wildman–Crippen LogP) is 3.30. The quantitative estimate of drug-likeness (QED) is 0.684. The van der Waals surface area contributed by atoms with Crippen LogP contribution < -0.4 is 15.8 Å². The van der Waals surface area contributed by atoms with Crippen molar-refractivity contribution >= 4 is 33.4 Å². The van der Waals surface area contributed by atoms with Crippen molar-refractivity contribution in [3.05, 3.63) is 58.6 Å². The Morgan fingerprint density at radius 3 is 2.75 bits per heavy atom. The van der Waals surface area contributed by atoms with Crippen molar-refractivity contribution in [2.45, 2.75) is 38.5 Å². The second-order valence-corrected chi connectivity index (χ2v) is 7.85. The minimum Gasteiger partial charge on any atom is -0.481 e. The summed E-state index contributed by atoms with van der Waals surface area (Å²) in [6.45, 7) is 3.19. The number of halogens is 1. The zero-order valence-corrected chi connectivity index (χ0v) is 17.3. The van der Waals surface area contributed by atoms with Crippen LogP contribution in [0.4, 0.5) is 5.69 Å². The molecule has 1 aliphatic rings. The fraction of sp³-hybridized carbons (Fsp3) is 0.333. The number of nitrogens with two attached hydrogens (primary N) is 1. The number of nitrogens with zero attached hydrogens (tertiary/aromatic N) is 1. The highest BCUT2D eigenvalue weighted by Gasteiger charge is 2.28. The van der Waals surface area contributed by atoms with Crippen molar-refractivity contribution in [1.82, 2.24) is 4.90 Å². The van der Waals surface area contributed by atoms with Gasteiger partial charge in [0.2, 0.25) is 5.91 Å². The number of hydrogen-bond acceptors (Lipinski definition) is 4. The van der Waals surface area contributed by atoms with E-state index in [4.69, 9.17) is 10.5 Å². The van der Waals surface area contributed by atoms with Gasteiger partial charge >= 0.3 is 0 Å². The van der Waals surface area contributed by atoms with Gasteiger partial charge in [0.05, 0.1) is 6.04 Å². The van der Waals surface area contributed by atoms with Gasteiger partial charge in [-0.2, -0.15) is 0 Å². The smallest absolute Gasteiger partial charge is 0.265 e. The van der Waals surface area contributed by atoms with E-state index in [2.05, 4.69) is 26.1 Å². The van der Waals surface area contributed by atoms with E-state index in [1.807, 2.05) is 36.4 Å². The minimum absolute atomic E-state index is 0.211. The van der Waals surface area contributed by atoms with E-state index in [1.165, 1.54) is 0 Å². The molecule has 28 heavy (non-hydrogen) atoms. The van der Waals surface area contributed by atoms with E-state index in [-0.39, 0.29) is 17.9 Å². The third kappa shape index (κ3) is 5.33. The number of primary amides is 1. The number of carbonyl (C=O) groups excluding carboxylic acids is 2. The highest BCUT2D eigenvalue weighted by Crippen LogP contribution is 2.22. The largest absolute Gasteiger partial charge is 0.481 e. The summed E-state index contributed by atoms with van der Waals surface area (Å²) in [7, 11) is 0. The number of anilines is 1. The number of rotatable bonds is 7. The first-order valence-corrected chi connectivity index (χ1v) is 10.1. The number of hydrogen-bond donors (Lipinski definition) is 2. The Bertz CT molecular complexity index is 841. The van der Waals surface area contributed by atoms with Crippen LogP contribution in [0.5, 0.6) is 5.75 Å². The van der Waals surface area contributed by atoms with E-state index in [1.54, 1.807) is 19.1 Å². The van der Waals surface area contributed by atoms with E-state index >= 15 is 0 Å². The fourth-order valence-electron chi connectivity index (χ4n) is 3.33. The van der Waals surface area contributed by atoms with Gasteiger partial charge < -0.3 is 15.8 Å². The molecule has 1 heterocycles.